The first-order valence-corrected chi connectivity index (χ1v) is 9.51. The monoisotopic (exact) mass is 445 g/mol. The van der Waals surface area contributed by atoms with Gasteiger partial charge in [-0.3, -0.25) is 24.2 Å². The lowest BCUT2D eigenvalue weighted by atomic mass is 10.1. The minimum atomic E-state index is -1.43. The minimum absolute atomic E-state index is 0.123. The van der Waals surface area contributed by atoms with Crippen LogP contribution in [0.5, 0.6) is 0 Å². The average Bonchev–Trinajstić information content (AvgIpc) is 2.65. The molecule has 0 aliphatic carbocycles. The SMILES string of the molecule is CC(N)C(=O)NC(CCCN=C(N)N)C(=O)NC(C)C(=O)NC(CCC(=O)O)C(=O)O. The number of aliphatic imine (C=N–C) groups is 1. The van der Waals surface area contributed by atoms with Gasteiger partial charge in [0.2, 0.25) is 17.7 Å². The van der Waals surface area contributed by atoms with E-state index in [1.165, 1.54) is 13.8 Å². The molecule has 0 aromatic carbocycles. The van der Waals surface area contributed by atoms with Crippen molar-refractivity contribution in [3.8, 4) is 0 Å². The van der Waals surface area contributed by atoms with Crippen molar-refractivity contribution in [2.75, 3.05) is 6.54 Å². The molecule has 0 spiro atoms. The Labute approximate surface area is 179 Å². The van der Waals surface area contributed by atoms with E-state index in [-0.39, 0.29) is 25.3 Å². The van der Waals surface area contributed by atoms with E-state index in [0.717, 1.165) is 0 Å². The molecule has 0 radical (unpaired) electrons. The summed E-state index contributed by atoms with van der Waals surface area (Å²) in [4.78, 5) is 62.3. The lowest BCUT2D eigenvalue weighted by Gasteiger charge is -2.23. The normalized spacial score (nSPS) is 14.3. The smallest absolute Gasteiger partial charge is 0.326 e. The number of hydrogen-bond donors (Lipinski definition) is 8. The van der Waals surface area contributed by atoms with Crippen molar-refractivity contribution in [3.05, 3.63) is 0 Å². The van der Waals surface area contributed by atoms with Crippen molar-refractivity contribution >= 4 is 35.6 Å². The Bertz CT molecular complexity index is 692. The van der Waals surface area contributed by atoms with Crippen LogP contribution in [-0.4, -0.2) is 76.5 Å². The first-order valence-electron chi connectivity index (χ1n) is 9.51. The number of hydrogen-bond acceptors (Lipinski definition) is 7. The van der Waals surface area contributed by atoms with Crippen molar-refractivity contribution in [1.29, 1.82) is 0 Å². The van der Waals surface area contributed by atoms with Crippen LogP contribution in [0.2, 0.25) is 0 Å². The van der Waals surface area contributed by atoms with Gasteiger partial charge >= 0.3 is 11.9 Å². The predicted molar refractivity (Wildman–Crippen MR) is 110 cm³/mol. The minimum Gasteiger partial charge on any atom is -0.481 e. The maximum absolute atomic E-state index is 12.6. The first kappa shape index (κ1) is 27.6. The van der Waals surface area contributed by atoms with Crippen LogP contribution in [0.15, 0.2) is 4.99 Å². The van der Waals surface area contributed by atoms with Crippen LogP contribution in [0.4, 0.5) is 0 Å². The highest BCUT2D eigenvalue weighted by atomic mass is 16.4. The summed E-state index contributed by atoms with van der Waals surface area (Å²) < 4.78 is 0. The molecule has 176 valence electrons. The Morgan fingerprint density at radius 2 is 1.45 bits per heavy atom. The maximum Gasteiger partial charge on any atom is 0.326 e. The third kappa shape index (κ3) is 12.0. The molecule has 0 aliphatic rings. The highest BCUT2D eigenvalue weighted by Crippen LogP contribution is 2.02. The highest BCUT2D eigenvalue weighted by Gasteiger charge is 2.27. The van der Waals surface area contributed by atoms with Gasteiger partial charge in [-0.2, -0.15) is 0 Å². The van der Waals surface area contributed by atoms with Crippen LogP contribution in [-0.2, 0) is 24.0 Å². The number of carboxylic acids is 2. The van der Waals surface area contributed by atoms with Gasteiger partial charge in [0.05, 0.1) is 6.04 Å². The number of amides is 3. The highest BCUT2D eigenvalue weighted by molar-refractivity contribution is 5.93. The Balaban J connectivity index is 5.03. The van der Waals surface area contributed by atoms with Crippen LogP contribution in [0.1, 0.15) is 39.5 Å². The van der Waals surface area contributed by atoms with Gasteiger partial charge in [0.1, 0.15) is 18.1 Å². The van der Waals surface area contributed by atoms with E-state index in [9.17, 15) is 24.0 Å². The molecule has 3 amide bonds. The number of nitrogens with one attached hydrogen (secondary N) is 3. The van der Waals surface area contributed by atoms with Crippen molar-refractivity contribution in [2.45, 2.75) is 63.7 Å². The van der Waals surface area contributed by atoms with Gasteiger partial charge in [-0.15, -0.1) is 0 Å². The second-order valence-corrected chi connectivity index (χ2v) is 6.86. The van der Waals surface area contributed by atoms with Crippen molar-refractivity contribution < 1.29 is 34.2 Å². The summed E-state index contributed by atoms with van der Waals surface area (Å²) in [7, 11) is 0. The molecule has 0 aromatic rings. The Hall–Kier alpha value is -3.42. The van der Waals surface area contributed by atoms with Crippen LogP contribution in [0.3, 0.4) is 0 Å². The van der Waals surface area contributed by atoms with Crippen LogP contribution >= 0.6 is 0 Å². The van der Waals surface area contributed by atoms with Gasteiger partial charge in [-0.05, 0) is 33.1 Å². The second-order valence-electron chi connectivity index (χ2n) is 6.86. The lowest BCUT2D eigenvalue weighted by molar-refractivity contribution is -0.143. The number of aliphatic carboxylic acids is 2. The van der Waals surface area contributed by atoms with E-state index in [1.54, 1.807) is 0 Å². The first-order chi connectivity index (χ1) is 14.3. The molecule has 0 saturated carbocycles. The summed E-state index contributed by atoms with van der Waals surface area (Å²) >= 11 is 0. The fourth-order valence-corrected chi connectivity index (χ4v) is 2.28. The zero-order chi connectivity index (χ0) is 24.1. The summed E-state index contributed by atoms with van der Waals surface area (Å²) in [6, 6.07) is -4.51. The molecular weight excluding hydrogens is 414 g/mol. The predicted octanol–water partition coefficient (Wildman–Crippen LogP) is -3.19. The van der Waals surface area contributed by atoms with E-state index in [0.29, 0.717) is 6.42 Å². The van der Waals surface area contributed by atoms with E-state index in [2.05, 4.69) is 20.9 Å². The van der Waals surface area contributed by atoms with Crippen LogP contribution in [0, 0.1) is 0 Å². The van der Waals surface area contributed by atoms with Gasteiger partial charge in [0, 0.05) is 13.0 Å². The summed E-state index contributed by atoms with van der Waals surface area (Å²) in [6.45, 7) is 2.95. The Kier molecular flexibility index (Phi) is 12.2. The standard InChI is InChI=1S/C17H31N7O7/c1-8(18)13(27)23-10(4-3-7-21-17(19)20)15(29)22-9(2)14(28)24-11(16(30)31)5-6-12(25)26/h8-11H,3-7,18H2,1-2H3,(H,22,29)(H,23,27)(H,24,28)(H,25,26)(H,30,31)(H4,19,20,21). The number of carbonyl (C=O) groups is 5. The molecule has 14 heteroatoms. The number of nitrogens with two attached hydrogens (primary N) is 3. The molecule has 0 rings (SSSR count). The van der Waals surface area contributed by atoms with E-state index in [1.807, 2.05) is 0 Å². The van der Waals surface area contributed by atoms with Gasteiger partial charge in [-0.1, -0.05) is 0 Å². The van der Waals surface area contributed by atoms with Gasteiger partial charge in [0.15, 0.2) is 5.96 Å². The fourth-order valence-electron chi connectivity index (χ4n) is 2.28. The van der Waals surface area contributed by atoms with Crippen molar-refractivity contribution in [2.24, 2.45) is 22.2 Å². The number of nitrogens with zero attached hydrogens (tertiary/aromatic N) is 1. The molecular formula is C17H31N7O7. The van der Waals surface area contributed by atoms with Gasteiger partial charge in [-0.25, -0.2) is 4.79 Å². The number of carboxylic acid groups (broad SMARTS) is 2. The van der Waals surface area contributed by atoms with Gasteiger partial charge in [0.25, 0.3) is 0 Å². The van der Waals surface area contributed by atoms with Crippen molar-refractivity contribution in [1.82, 2.24) is 16.0 Å². The zero-order valence-electron chi connectivity index (χ0n) is 17.5. The van der Waals surface area contributed by atoms with E-state index >= 15 is 0 Å². The molecule has 4 unspecified atom stereocenters. The van der Waals surface area contributed by atoms with E-state index in [4.69, 9.17) is 27.4 Å². The molecule has 0 fully saturated rings. The molecule has 4 atom stereocenters. The molecule has 0 heterocycles. The fraction of sp³-hybridized carbons (Fsp3) is 0.647. The van der Waals surface area contributed by atoms with Gasteiger partial charge < -0.3 is 43.4 Å². The number of guanidine groups is 1. The van der Waals surface area contributed by atoms with E-state index < -0.39 is 60.2 Å². The topological polar surface area (TPSA) is 252 Å². The molecule has 11 N–H and O–H groups in total. The molecule has 0 bridgehead atoms. The largest absolute Gasteiger partial charge is 0.481 e. The second kappa shape index (κ2) is 13.7. The molecule has 14 nitrogen and oxygen atoms in total. The molecule has 31 heavy (non-hydrogen) atoms. The third-order valence-corrected chi connectivity index (χ3v) is 4.01. The average molecular weight is 445 g/mol. The molecule has 0 saturated heterocycles. The lowest BCUT2D eigenvalue weighted by Crippen LogP contribution is -2.56. The van der Waals surface area contributed by atoms with Crippen LogP contribution in [0.25, 0.3) is 0 Å². The molecule has 0 aromatic heterocycles. The Morgan fingerprint density at radius 1 is 0.871 bits per heavy atom. The third-order valence-electron chi connectivity index (χ3n) is 4.01. The summed E-state index contributed by atoms with van der Waals surface area (Å²) in [5.41, 5.74) is 16.0. The Morgan fingerprint density at radius 3 is 1.94 bits per heavy atom. The summed E-state index contributed by atoms with van der Waals surface area (Å²) in [5, 5.41) is 24.8. The molecule has 0 aliphatic heterocycles. The zero-order valence-corrected chi connectivity index (χ0v) is 17.5. The maximum atomic E-state index is 12.6. The summed E-state index contributed by atoms with van der Waals surface area (Å²) in [5.74, 6) is -4.85. The quantitative estimate of drug-likeness (QED) is 0.0755. The summed E-state index contributed by atoms with van der Waals surface area (Å²) in [6.07, 6.45) is -0.300. The number of carbonyl (C=O) groups excluding carboxylic acids is 3. The van der Waals surface area contributed by atoms with Crippen molar-refractivity contribution in [3.63, 3.8) is 0 Å². The van der Waals surface area contributed by atoms with Crippen LogP contribution < -0.4 is 33.2 Å². The number of rotatable bonds is 14.